The molecule has 1 saturated heterocycles. The van der Waals surface area contributed by atoms with E-state index in [2.05, 4.69) is 10.3 Å². The molecule has 0 radical (unpaired) electrons. The lowest BCUT2D eigenvalue weighted by Crippen LogP contribution is -2.62. The van der Waals surface area contributed by atoms with Gasteiger partial charge in [-0.1, -0.05) is 29.6 Å². The number of benzene rings is 1. The number of aliphatic imine (C=N–C) groups is 1. The van der Waals surface area contributed by atoms with Crippen LogP contribution in [0.4, 0.5) is 10.5 Å². The third-order valence-electron chi connectivity index (χ3n) is 5.54. The van der Waals surface area contributed by atoms with Gasteiger partial charge in [-0.2, -0.15) is 0 Å². The number of imide groups is 2. The number of amides is 4. The Labute approximate surface area is 160 Å². The zero-order valence-electron chi connectivity index (χ0n) is 13.8. The predicted molar refractivity (Wildman–Crippen MR) is 97.7 cm³/mol. The Morgan fingerprint density at radius 1 is 1.15 bits per heavy atom. The number of halogens is 2. The summed E-state index contributed by atoms with van der Waals surface area (Å²) in [6.45, 7) is 0. The lowest BCUT2D eigenvalue weighted by Gasteiger charge is -2.36. The van der Waals surface area contributed by atoms with Crippen molar-refractivity contribution in [2.75, 3.05) is 0 Å². The predicted octanol–water partition coefficient (Wildman–Crippen LogP) is 3.58. The van der Waals surface area contributed by atoms with Gasteiger partial charge in [0.15, 0.2) is 5.92 Å². The molecule has 0 spiro atoms. The first kappa shape index (κ1) is 17.5. The largest absolute Gasteiger partial charge is 0.331 e. The summed E-state index contributed by atoms with van der Waals surface area (Å²) in [5.41, 5.74) is 0.403. The highest BCUT2D eigenvalue weighted by molar-refractivity contribution is 6.36. The lowest BCUT2D eigenvalue weighted by molar-refractivity contribution is -0.141. The molecule has 4 atom stereocenters. The number of nitrogens with one attached hydrogen (secondary N) is 1. The van der Waals surface area contributed by atoms with Crippen molar-refractivity contribution in [3.8, 4) is 0 Å². The van der Waals surface area contributed by atoms with Crippen LogP contribution in [0.15, 0.2) is 23.2 Å². The number of hydrogen-bond donors (Lipinski definition) is 1. The number of hydrogen-bond acceptors (Lipinski definition) is 4. The maximum absolute atomic E-state index is 12.9. The standard InChI is InChI=1S/C18H17Cl2N3O3/c19-11-3-4-14(13(20)7-11)21-8-12-16(24)22-18(26)23(17(12)25)15-6-9-1-2-10(15)5-9/h3-4,7-10,12,15H,1-2,5-6H2,(H,22,24,26)/t9-,10-,12+,15+/m0/s1. The molecule has 1 aromatic rings. The molecule has 0 aromatic heterocycles. The van der Waals surface area contributed by atoms with Gasteiger partial charge in [0.05, 0.1) is 10.7 Å². The molecule has 8 heteroatoms. The van der Waals surface area contributed by atoms with E-state index < -0.39 is 23.8 Å². The van der Waals surface area contributed by atoms with Crippen LogP contribution in [0.1, 0.15) is 25.7 Å². The third-order valence-corrected chi connectivity index (χ3v) is 6.08. The fourth-order valence-electron chi connectivity index (χ4n) is 4.32. The quantitative estimate of drug-likeness (QED) is 0.629. The van der Waals surface area contributed by atoms with Crippen LogP contribution in [-0.2, 0) is 9.59 Å². The van der Waals surface area contributed by atoms with Gasteiger partial charge in [0, 0.05) is 17.3 Å². The fraction of sp³-hybridized carbons (Fsp3) is 0.444. The zero-order valence-corrected chi connectivity index (χ0v) is 15.3. The van der Waals surface area contributed by atoms with Gasteiger partial charge in [-0.05, 0) is 49.3 Å². The summed E-state index contributed by atoms with van der Waals surface area (Å²) in [5.74, 6) is -1.40. The molecule has 0 unspecified atom stereocenters. The van der Waals surface area contributed by atoms with Gasteiger partial charge in [-0.25, -0.2) is 4.79 Å². The maximum Gasteiger partial charge on any atom is 0.331 e. The fourth-order valence-corrected chi connectivity index (χ4v) is 4.78. The Balaban J connectivity index is 1.57. The molecule has 3 aliphatic rings. The number of barbiturate groups is 1. The summed E-state index contributed by atoms with van der Waals surface area (Å²) in [5, 5.41) is 3.07. The molecule has 3 fully saturated rings. The second-order valence-corrected chi connectivity index (χ2v) is 7.94. The van der Waals surface area contributed by atoms with Crippen LogP contribution >= 0.6 is 23.2 Å². The van der Waals surface area contributed by atoms with Crippen LogP contribution in [0, 0.1) is 17.8 Å². The second-order valence-electron chi connectivity index (χ2n) is 7.10. The van der Waals surface area contributed by atoms with Crippen LogP contribution in [-0.4, -0.2) is 35.0 Å². The summed E-state index contributed by atoms with van der Waals surface area (Å²) in [6.07, 6.45) is 5.31. The minimum atomic E-state index is -1.14. The average molecular weight is 394 g/mol. The normalized spacial score (nSPS) is 31.2. The van der Waals surface area contributed by atoms with Crippen LogP contribution < -0.4 is 5.32 Å². The van der Waals surface area contributed by atoms with E-state index >= 15 is 0 Å². The van der Waals surface area contributed by atoms with Crippen LogP contribution in [0.2, 0.25) is 10.0 Å². The van der Waals surface area contributed by atoms with Crippen LogP contribution in [0.5, 0.6) is 0 Å². The van der Waals surface area contributed by atoms with Gasteiger partial charge in [0.25, 0.3) is 0 Å². The van der Waals surface area contributed by atoms with E-state index in [1.165, 1.54) is 17.2 Å². The Hall–Kier alpha value is -1.92. The molecule has 4 rings (SSSR count). The molecule has 4 amide bonds. The molecule has 2 bridgehead atoms. The van der Waals surface area contributed by atoms with E-state index in [1.807, 2.05) is 0 Å². The Bertz CT molecular complexity index is 826. The van der Waals surface area contributed by atoms with E-state index in [0.29, 0.717) is 27.6 Å². The SMILES string of the molecule is O=C1NC(=O)N([C@@H]2C[C@H]3CC[C@H]2C3)C(=O)[C@@H]1C=Nc1ccc(Cl)cc1Cl. The van der Waals surface area contributed by atoms with Gasteiger partial charge in [0.1, 0.15) is 0 Å². The van der Waals surface area contributed by atoms with Crippen molar-refractivity contribution in [2.24, 2.45) is 22.7 Å². The molecule has 1 aromatic carbocycles. The minimum Gasteiger partial charge on any atom is -0.277 e. The van der Waals surface area contributed by atoms with Crippen molar-refractivity contribution >= 4 is 52.9 Å². The summed E-state index contributed by atoms with van der Waals surface area (Å²) in [4.78, 5) is 42.7. The van der Waals surface area contributed by atoms with Crippen molar-refractivity contribution in [3.05, 3.63) is 28.2 Å². The summed E-state index contributed by atoms with van der Waals surface area (Å²) in [6, 6.07) is 4.01. The molecule has 26 heavy (non-hydrogen) atoms. The minimum absolute atomic E-state index is 0.121. The molecule has 1 N–H and O–H groups in total. The molecular weight excluding hydrogens is 377 g/mol. The zero-order chi connectivity index (χ0) is 18.4. The number of nitrogens with zero attached hydrogens (tertiary/aromatic N) is 2. The summed E-state index contributed by atoms with van der Waals surface area (Å²) < 4.78 is 0. The van der Waals surface area contributed by atoms with Crippen molar-refractivity contribution in [1.82, 2.24) is 10.2 Å². The molecule has 1 aliphatic heterocycles. The highest BCUT2D eigenvalue weighted by atomic mass is 35.5. The molecule has 136 valence electrons. The highest BCUT2D eigenvalue weighted by Gasteiger charge is 2.50. The first-order valence-corrected chi connectivity index (χ1v) is 9.37. The first-order chi connectivity index (χ1) is 12.4. The summed E-state index contributed by atoms with van der Waals surface area (Å²) in [7, 11) is 0. The van der Waals surface area contributed by atoms with E-state index in [4.69, 9.17) is 23.2 Å². The van der Waals surface area contributed by atoms with Gasteiger partial charge in [-0.15, -0.1) is 0 Å². The number of urea groups is 1. The monoisotopic (exact) mass is 393 g/mol. The average Bonchev–Trinajstić information content (AvgIpc) is 3.19. The van der Waals surface area contributed by atoms with Crippen molar-refractivity contribution in [3.63, 3.8) is 0 Å². The molecule has 6 nitrogen and oxygen atoms in total. The molecule has 2 aliphatic carbocycles. The van der Waals surface area contributed by atoms with E-state index in [1.54, 1.807) is 12.1 Å². The van der Waals surface area contributed by atoms with Crippen LogP contribution in [0.25, 0.3) is 0 Å². The molecular formula is C18H17Cl2N3O3. The van der Waals surface area contributed by atoms with Crippen molar-refractivity contribution in [2.45, 2.75) is 31.7 Å². The van der Waals surface area contributed by atoms with Gasteiger partial charge >= 0.3 is 6.03 Å². The Morgan fingerprint density at radius 2 is 1.96 bits per heavy atom. The van der Waals surface area contributed by atoms with Gasteiger partial charge < -0.3 is 0 Å². The number of carbonyl (C=O) groups is 3. The highest BCUT2D eigenvalue weighted by Crippen LogP contribution is 2.47. The molecule has 2 saturated carbocycles. The number of fused-ring (bicyclic) bond motifs is 2. The van der Waals surface area contributed by atoms with E-state index in [-0.39, 0.29) is 6.04 Å². The van der Waals surface area contributed by atoms with Crippen molar-refractivity contribution in [1.29, 1.82) is 0 Å². The van der Waals surface area contributed by atoms with Crippen molar-refractivity contribution < 1.29 is 14.4 Å². The van der Waals surface area contributed by atoms with Gasteiger partial charge in [-0.3, -0.25) is 24.8 Å². The third kappa shape index (κ3) is 3.01. The second kappa shape index (κ2) is 6.67. The number of rotatable bonds is 3. The van der Waals surface area contributed by atoms with Crippen LogP contribution in [0.3, 0.4) is 0 Å². The topological polar surface area (TPSA) is 78.8 Å². The van der Waals surface area contributed by atoms with E-state index in [0.717, 1.165) is 25.7 Å². The molecule has 1 heterocycles. The summed E-state index contributed by atoms with van der Waals surface area (Å²) >= 11 is 11.9. The smallest absolute Gasteiger partial charge is 0.277 e. The number of carbonyl (C=O) groups excluding carboxylic acids is 3. The van der Waals surface area contributed by atoms with Gasteiger partial charge in [0.2, 0.25) is 11.8 Å². The lowest BCUT2D eigenvalue weighted by atomic mass is 9.92. The first-order valence-electron chi connectivity index (χ1n) is 8.61. The maximum atomic E-state index is 12.9. The Morgan fingerprint density at radius 3 is 2.62 bits per heavy atom. The Kier molecular flexibility index (Phi) is 4.49. The van der Waals surface area contributed by atoms with E-state index in [9.17, 15) is 14.4 Å².